The van der Waals surface area contributed by atoms with Gasteiger partial charge in [-0.15, -0.1) is 5.10 Å². The largest absolute Gasteiger partial charge is 0.497 e. The maximum absolute atomic E-state index is 11.5. The Morgan fingerprint density at radius 1 is 1.22 bits per heavy atom. The molecule has 0 unspecified atom stereocenters. The summed E-state index contributed by atoms with van der Waals surface area (Å²) in [5, 5.41) is 16.6. The molecule has 3 rings (SSSR count). The average Bonchev–Trinajstić information content (AvgIpc) is 3.29. The van der Waals surface area contributed by atoms with Crippen molar-refractivity contribution in [1.29, 1.82) is 0 Å². The molecule has 2 aromatic heterocycles. The first-order valence-electron chi connectivity index (χ1n) is 7.83. The number of methoxy groups -OCH3 is 2. The normalized spacial score (nSPS) is 11.4. The van der Waals surface area contributed by atoms with E-state index in [9.17, 15) is 9.90 Å². The quantitative estimate of drug-likeness (QED) is 0.467. The van der Waals surface area contributed by atoms with Gasteiger partial charge in [-0.1, -0.05) is 0 Å². The van der Waals surface area contributed by atoms with Crippen molar-refractivity contribution in [3.63, 3.8) is 0 Å². The lowest BCUT2D eigenvalue weighted by Gasteiger charge is -2.06. The number of H-pyrrole nitrogens is 1. The van der Waals surface area contributed by atoms with E-state index in [-0.39, 0.29) is 10.1 Å². The van der Waals surface area contributed by atoms with Crippen LogP contribution in [0.4, 0.5) is 0 Å². The van der Waals surface area contributed by atoms with Crippen molar-refractivity contribution in [3.8, 4) is 22.9 Å². The summed E-state index contributed by atoms with van der Waals surface area (Å²) in [6, 6.07) is 8.75. The van der Waals surface area contributed by atoms with Crippen molar-refractivity contribution in [3.05, 3.63) is 46.8 Å². The fraction of sp³-hybridized carbons (Fsp3) is 0.167. The van der Waals surface area contributed by atoms with Crippen molar-refractivity contribution in [2.45, 2.75) is 12.1 Å². The van der Waals surface area contributed by atoms with Gasteiger partial charge >= 0.3 is 5.97 Å². The lowest BCUT2D eigenvalue weighted by molar-refractivity contribution is -0.131. The van der Waals surface area contributed by atoms with Crippen LogP contribution in [0.25, 0.3) is 17.5 Å². The molecule has 0 aliphatic carbocycles. The van der Waals surface area contributed by atoms with Gasteiger partial charge in [0.05, 0.1) is 14.2 Å². The third-order valence-corrected chi connectivity index (χ3v) is 4.41. The van der Waals surface area contributed by atoms with Gasteiger partial charge in [0.1, 0.15) is 27.9 Å². The van der Waals surface area contributed by atoms with E-state index in [4.69, 9.17) is 13.9 Å². The van der Waals surface area contributed by atoms with Crippen molar-refractivity contribution in [2.24, 2.45) is 0 Å². The monoisotopic (exact) mass is 387 g/mol. The molecule has 0 saturated carbocycles. The number of furan rings is 1. The maximum Gasteiger partial charge on any atom is 0.342 e. The molecule has 0 radical (unpaired) electrons. The number of aliphatic carboxylic acids is 1. The Morgan fingerprint density at radius 3 is 2.48 bits per heavy atom. The van der Waals surface area contributed by atoms with Gasteiger partial charge in [-0.2, -0.15) is 0 Å². The Hall–Kier alpha value is -3.20. The number of carboxylic acids is 1. The number of thioether (sulfide) groups is 1. The van der Waals surface area contributed by atoms with Crippen LogP contribution in [-0.4, -0.2) is 40.5 Å². The molecule has 8 nitrogen and oxygen atoms in total. The molecular formula is C18H17N3O5S. The van der Waals surface area contributed by atoms with Gasteiger partial charge in [-0.3, -0.25) is 5.10 Å². The van der Waals surface area contributed by atoms with Gasteiger partial charge < -0.3 is 19.0 Å². The predicted octanol–water partition coefficient (Wildman–Crippen LogP) is 3.61. The van der Waals surface area contributed by atoms with Crippen LogP contribution in [0.5, 0.6) is 11.5 Å². The molecule has 0 fully saturated rings. The molecule has 2 N–H and O–H groups in total. The topological polar surface area (TPSA) is 110 Å². The van der Waals surface area contributed by atoms with Gasteiger partial charge in [0.15, 0.2) is 5.82 Å². The van der Waals surface area contributed by atoms with Gasteiger partial charge in [-0.05, 0) is 43.0 Å². The molecule has 2 heterocycles. The van der Waals surface area contributed by atoms with Crippen LogP contribution in [0.2, 0.25) is 0 Å². The number of nitrogens with one attached hydrogen (secondary N) is 1. The highest BCUT2D eigenvalue weighted by molar-refractivity contribution is 8.04. The number of carbonyl (C=O) groups is 1. The molecule has 27 heavy (non-hydrogen) atoms. The van der Waals surface area contributed by atoms with Gasteiger partial charge in [-0.25, -0.2) is 9.78 Å². The van der Waals surface area contributed by atoms with Gasteiger partial charge in [0.2, 0.25) is 5.16 Å². The SMILES string of the molecule is COc1cc(OC)cc(-c2nc(S/C(=C/c3ccc(C)o3)C(=O)O)n[nH]2)c1. The molecule has 0 saturated heterocycles. The smallest absolute Gasteiger partial charge is 0.342 e. The zero-order valence-electron chi connectivity index (χ0n) is 14.8. The zero-order chi connectivity index (χ0) is 19.4. The van der Waals surface area contributed by atoms with Crippen LogP contribution >= 0.6 is 11.8 Å². The van der Waals surface area contributed by atoms with Crippen molar-refractivity contribution in [1.82, 2.24) is 15.2 Å². The highest BCUT2D eigenvalue weighted by Gasteiger charge is 2.16. The number of aromatic amines is 1. The Labute approximate surface area is 159 Å². The molecule has 0 atom stereocenters. The van der Waals surface area contributed by atoms with E-state index in [0.29, 0.717) is 34.4 Å². The van der Waals surface area contributed by atoms with E-state index in [2.05, 4.69) is 15.2 Å². The predicted molar refractivity (Wildman–Crippen MR) is 99.8 cm³/mol. The number of rotatable bonds is 7. The Kier molecular flexibility index (Phi) is 5.51. The summed E-state index contributed by atoms with van der Waals surface area (Å²) in [6.45, 7) is 1.79. The number of benzene rings is 1. The van der Waals surface area contributed by atoms with E-state index in [0.717, 1.165) is 11.8 Å². The summed E-state index contributed by atoms with van der Waals surface area (Å²) in [5.74, 6) is 1.73. The number of carboxylic acid groups (broad SMARTS) is 1. The second kappa shape index (κ2) is 8.00. The first kappa shape index (κ1) is 18.6. The molecule has 1 aromatic carbocycles. The summed E-state index contributed by atoms with van der Waals surface area (Å²) < 4.78 is 15.9. The molecule has 0 bridgehead atoms. The Morgan fingerprint density at radius 2 is 1.93 bits per heavy atom. The number of ether oxygens (including phenoxy) is 2. The van der Waals surface area contributed by atoms with Crippen LogP contribution in [0, 0.1) is 6.92 Å². The van der Waals surface area contributed by atoms with Crippen LogP contribution in [0.1, 0.15) is 11.5 Å². The summed E-state index contributed by atoms with van der Waals surface area (Å²) in [7, 11) is 3.11. The minimum absolute atomic E-state index is 0.0399. The van der Waals surface area contributed by atoms with Crippen LogP contribution in [-0.2, 0) is 4.79 Å². The number of hydrogen-bond donors (Lipinski definition) is 2. The third-order valence-electron chi connectivity index (χ3n) is 3.54. The second-order valence-electron chi connectivity index (χ2n) is 5.43. The zero-order valence-corrected chi connectivity index (χ0v) is 15.7. The van der Waals surface area contributed by atoms with E-state index >= 15 is 0 Å². The second-order valence-corrected chi connectivity index (χ2v) is 6.44. The Balaban J connectivity index is 1.86. The van der Waals surface area contributed by atoms with Gasteiger partial charge in [0, 0.05) is 17.7 Å². The summed E-state index contributed by atoms with van der Waals surface area (Å²) in [4.78, 5) is 15.9. The molecule has 0 aliphatic heterocycles. The fourth-order valence-electron chi connectivity index (χ4n) is 2.26. The lowest BCUT2D eigenvalue weighted by atomic mass is 10.2. The summed E-state index contributed by atoms with van der Waals surface area (Å²) >= 11 is 0.922. The third kappa shape index (κ3) is 4.50. The molecule has 3 aromatic rings. The fourth-order valence-corrected chi connectivity index (χ4v) is 2.95. The Bertz CT molecular complexity index is 970. The average molecular weight is 387 g/mol. The van der Waals surface area contributed by atoms with Crippen LogP contribution in [0.15, 0.2) is 44.8 Å². The summed E-state index contributed by atoms with van der Waals surface area (Å²) in [5.41, 5.74) is 0.702. The number of hydrogen-bond acceptors (Lipinski definition) is 7. The molecule has 140 valence electrons. The first-order chi connectivity index (χ1) is 13.0. The van der Waals surface area contributed by atoms with Gasteiger partial charge in [0.25, 0.3) is 0 Å². The molecule has 9 heteroatoms. The molecular weight excluding hydrogens is 370 g/mol. The molecule has 0 aliphatic rings. The molecule has 0 amide bonds. The van der Waals surface area contributed by atoms with Crippen LogP contribution < -0.4 is 9.47 Å². The van der Waals surface area contributed by atoms with E-state index in [1.54, 1.807) is 51.5 Å². The first-order valence-corrected chi connectivity index (χ1v) is 8.65. The maximum atomic E-state index is 11.5. The highest BCUT2D eigenvalue weighted by atomic mass is 32.2. The number of nitrogens with zero attached hydrogens (tertiary/aromatic N) is 2. The van der Waals surface area contributed by atoms with Crippen molar-refractivity contribution in [2.75, 3.05) is 14.2 Å². The highest BCUT2D eigenvalue weighted by Crippen LogP contribution is 2.31. The van der Waals surface area contributed by atoms with E-state index in [1.807, 2.05) is 0 Å². The summed E-state index contributed by atoms with van der Waals surface area (Å²) in [6.07, 6.45) is 1.44. The van der Waals surface area contributed by atoms with Crippen LogP contribution in [0.3, 0.4) is 0 Å². The number of aromatic nitrogens is 3. The lowest BCUT2D eigenvalue weighted by Crippen LogP contribution is -1.97. The van der Waals surface area contributed by atoms with E-state index in [1.165, 1.54) is 6.08 Å². The standard InChI is InChI=1S/C18H17N3O5S/c1-10-4-5-12(26-10)9-15(17(22)23)27-18-19-16(20-21-18)11-6-13(24-2)8-14(7-11)25-3/h4-9H,1-3H3,(H,22,23)(H,19,20,21)/b15-9+. The minimum Gasteiger partial charge on any atom is -0.497 e. The minimum atomic E-state index is -1.09. The number of aryl methyl sites for hydroxylation is 1. The van der Waals surface area contributed by atoms with E-state index < -0.39 is 5.97 Å². The van der Waals surface area contributed by atoms with Crippen molar-refractivity contribution >= 4 is 23.8 Å². The molecule has 0 spiro atoms. The van der Waals surface area contributed by atoms with Crippen molar-refractivity contribution < 1.29 is 23.8 Å².